The van der Waals surface area contributed by atoms with Crippen molar-refractivity contribution in [3.05, 3.63) is 36.4 Å². The van der Waals surface area contributed by atoms with Crippen molar-refractivity contribution < 1.29 is 4.74 Å². The van der Waals surface area contributed by atoms with Crippen LogP contribution in [0.1, 0.15) is 33.6 Å². The van der Waals surface area contributed by atoms with E-state index in [9.17, 15) is 0 Å². The van der Waals surface area contributed by atoms with E-state index >= 15 is 0 Å². The molecular weight excluding hydrogens is 284 g/mol. The van der Waals surface area contributed by atoms with Gasteiger partial charge >= 0.3 is 0 Å². The zero-order valence-electron chi connectivity index (χ0n) is 14.2. The molecule has 0 spiro atoms. The molecule has 0 saturated carbocycles. The summed E-state index contributed by atoms with van der Waals surface area (Å²) in [6, 6.07) is 12.6. The number of ether oxygens (including phenoxy) is 1. The van der Waals surface area contributed by atoms with Gasteiger partial charge in [-0.1, -0.05) is 51.1 Å². The van der Waals surface area contributed by atoms with Gasteiger partial charge in [-0.25, -0.2) is 0 Å². The highest BCUT2D eigenvalue weighted by Gasteiger charge is 2.50. The van der Waals surface area contributed by atoms with E-state index in [1.165, 1.54) is 18.2 Å². The Morgan fingerprint density at radius 2 is 1.78 bits per heavy atom. The molecular formula is C20H24N2O. The molecule has 2 aromatic carbocycles. The van der Waals surface area contributed by atoms with Gasteiger partial charge in [-0.05, 0) is 24.3 Å². The second-order valence-electron chi connectivity index (χ2n) is 7.63. The van der Waals surface area contributed by atoms with Crippen LogP contribution in [0.3, 0.4) is 0 Å². The maximum atomic E-state index is 6.65. The van der Waals surface area contributed by atoms with Crippen LogP contribution in [0.2, 0.25) is 0 Å². The topological polar surface area (TPSA) is 24.8 Å². The monoisotopic (exact) mass is 308 g/mol. The van der Waals surface area contributed by atoms with Gasteiger partial charge in [-0.3, -0.25) is 9.89 Å². The van der Waals surface area contributed by atoms with Crippen molar-refractivity contribution in [3.63, 3.8) is 0 Å². The average Bonchev–Trinajstić information content (AvgIpc) is 3.08. The molecule has 1 atom stereocenters. The second-order valence-corrected chi connectivity index (χ2v) is 7.63. The number of benzene rings is 2. The van der Waals surface area contributed by atoms with Crippen LogP contribution in [0.25, 0.3) is 10.8 Å². The Kier molecular flexibility index (Phi) is 3.24. The van der Waals surface area contributed by atoms with E-state index in [1.54, 1.807) is 0 Å². The Hall–Kier alpha value is -1.87. The molecule has 0 aliphatic carbocycles. The lowest BCUT2D eigenvalue weighted by Crippen LogP contribution is -2.62. The van der Waals surface area contributed by atoms with Gasteiger partial charge in [0.05, 0.1) is 6.21 Å². The fourth-order valence-electron chi connectivity index (χ4n) is 3.81. The molecule has 0 amide bonds. The third kappa shape index (κ3) is 2.18. The van der Waals surface area contributed by atoms with E-state index in [0.29, 0.717) is 0 Å². The molecule has 3 heteroatoms. The van der Waals surface area contributed by atoms with Crippen LogP contribution in [0.15, 0.2) is 41.4 Å². The summed E-state index contributed by atoms with van der Waals surface area (Å²) in [6.45, 7) is 8.87. The Morgan fingerprint density at radius 1 is 1.04 bits per heavy atom. The minimum absolute atomic E-state index is 0.0514. The normalized spacial score (nSPS) is 24.7. The molecule has 23 heavy (non-hydrogen) atoms. The molecule has 1 fully saturated rings. The van der Waals surface area contributed by atoms with Gasteiger partial charge in [0.15, 0.2) is 0 Å². The molecule has 2 aliphatic rings. The first-order valence-corrected chi connectivity index (χ1v) is 8.52. The Labute approximate surface area is 138 Å². The SMILES string of the molecule is CC(C)(C)C1(N2CCCC2)C=Nc2c(ccc3ccccc23)O1. The molecule has 4 rings (SSSR count). The maximum absolute atomic E-state index is 6.65. The summed E-state index contributed by atoms with van der Waals surface area (Å²) in [4.78, 5) is 7.35. The minimum atomic E-state index is -0.459. The number of nitrogens with zero attached hydrogens (tertiary/aromatic N) is 2. The molecule has 2 aromatic rings. The summed E-state index contributed by atoms with van der Waals surface area (Å²) >= 11 is 0. The lowest BCUT2D eigenvalue weighted by Gasteiger charge is -2.49. The van der Waals surface area contributed by atoms with E-state index < -0.39 is 5.72 Å². The number of hydrogen-bond donors (Lipinski definition) is 0. The van der Waals surface area contributed by atoms with Crippen molar-refractivity contribution in [2.24, 2.45) is 10.4 Å². The summed E-state index contributed by atoms with van der Waals surface area (Å²) in [5.74, 6) is 0.896. The Morgan fingerprint density at radius 3 is 2.52 bits per heavy atom. The second kappa shape index (κ2) is 5.07. The standard InChI is InChI=1S/C20H24N2O/c1-19(2,3)20(22-12-6-7-13-22)14-21-18-16-9-5-4-8-15(16)10-11-17(18)23-20/h4-5,8-11,14H,6-7,12-13H2,1-3H3. The van der Waals surface area contributed by atoms with Crippen molar-refractivity contribution in [3.8, 4) is 5.75 Å². The molecule has 0 aromatic heterocycles. The van der Waals surface area contributed by atoms with E-state index in [4.69, 9.17) is 9.73 Å². The predicted molar refractivity (Wildman–Crippen MR) is 95.7 cm³/mol. The summed E-state index contributed by atoms with van der Waals surface area (Å²) in [6.07, 6.45) is 4.52. The first-order chi connectivity index (χ1) is 11.0. The number of hydrogen-bond acceptors (Lipinski definition) is 3. The van der Waals surface area contributed by atoms with Gasteiger partial charge in [-0.15, -0.1) is 0 Å². The van der Waals surface area contributed by atoms with Crippen molar-refractivity contribution in [2.75, 3.05) is 13.1 Å². The fraction of sp³-hybridized carbons (Fsp3) is 0.450. The predicted octanol–water partition coefficient (Wildman–Crippen LogP) is 4.77. The Balaban J connectivity index is 1.86. The molecule has 2 aliphatic heterocycles. The first kappa shape index (κ1) is 14.7. The molecule has 1 saturated heterocycles. The molecule has 0 N–H and O–H groups in total. The van der Waals surface area contributed by atoms with E-state index in [-0.39, 0.29) is 5.41 Å². The van der Waals surface area contributed by atoms with Crippen LogP contribution < -0.4 is 4.74 Å². The third-order valence-electron chi connectivity index (χ3n) is 5.15. The lowest BCUT2D eigenvalue weighted by atomic mass is 9.81. The number of likely N-dealkylation sites (tertiary alicyclic amines) is 1. The molecule has 1 unspecified atom stereocenters. The lowest BCUT2D eigenvalue weighted by molar-refractivity contribution is -0.0896. The van der Waals surface area contributed by atoms with Gasteiger partial charge in [0.1, 0.15) is 11.4 Å². The van der Waals surface area contributed by atoms with Crippen molar-refractivity contribution in [2.45, 2.75) is 39.3 Å². The zero-order valence-corrected chi connectivity index (χ0v) is 14.2. The highest BCUT2D eigenvalue weighted by molar-refractivity contribution is 5.98. The molecule has 2 heterocycles. The van der Waals surface area contributed by atoms with Crippen molar-refractivity contribution in [1.29, 1.82) is 0 Å². The first-order valence-electron chi connectivity index (χ1n) is 8.52. The summed E-state index contributed by atoms with van der Waals surface area (Å²) in [5, 5.41) is 2.36. The van der Waals surface area contributed by atoms with Crippen LogP contribution >= 0.6 is 0 Å². The third-order valence-corrected chi connectivity index (χ3v) is 5.15. The zero-order chi connectivity index (χ0) is 16.1. The smallest absolute Gasteiger partial charge is 0.204 e. The summed E-state index contributed by atoms with van der Waals surface area (Å²) in [7, 11) is 0. The van der Waals surface area contributed by atoms with Gasteiger partial charge in [0, 0.05) is 23.9 Å². The minimum Gasteiger partial charge on any atom is -0.464 e. The summed E-state index contributed by atoms with van der Waals surface area (Å²) < 4.78 is 6.65. The number of fused-ring (bicyclic) bond motifs is 3. The Bertz CT molecular complexity index is 769. The van der Waals surface area contributed by atoms with Crippen molar-refractivity contribution in [1.82, 2.24) is 4.90 Å². The van der Waals surface area contributed by atoms with Crippen LogP contribution in [0.5, 0.6) is 5.75 Å². The average molecular weight is 308 g/mol. The molecule has 120 valence electrons. The van der Waals surface area contributed by atoms with Crippen LogP contribution in [-0.2, 0) is 0 Å². The summed E-state index contributed by atoms with van der Waals surface area (Å²) in [5.41, 5.74) is 0.450. The largest absolute Gasteiger partial charge is 0.464 e. The van der Waals surface area contributed by atoms with Crippen molar-refractivity contribution >= 4 is 22.7 Å². The molecule has 0 radical (unpaired) electrons. The van der Waals surface area contributed by atoms with E-state index in [2.05, 4.69) is 62.1 Å². The van der Waals surface area contributed by atoms with Gasteiger partial charge in [0.2, 0.25) is 5.72 Å². The van der Waals surface area contributed by atoms with Gasteiger partial charge in [0.25, 0.3) is 0 Å². The molecule has 3 nitrogen and oxygen atoms in total. The van der Waals surface area contributed by atoms with Crippen LogP contribution in [0.4, 0.5) is 5.69 Å². The van der Waals surface area contributed by atoms with Crippen LogP contribution in [0, 0.1) is 5.41 Å². The highest BCUT2D eigenvalue weighted by atomic mass is 16.5. The quantitative estimate of drug-likeness (QED) is 0.758. The number of rotatable bonds is 1. The van der Waals surface area contributed by atoms with E-state index in [1.807, 2.05) is 6.21 Å². The van der Waals surface area contributed by atoms with E-state index in [0.717, 1.165) is 29.9 Å². The highest BCUT2D eigenvalue weighted by Crippen LogP contribution is 2.46. The van der Waals surface area contributed by atoms with Crippen LogP contribution in [-0.4, -0.2) is 29.9 Å². The maximum Gasteiger partial charge on any atom is 0.204 e. The number of aliphatic imine (C=N–C) groups is 1. The molecule has 0 bridgehead atoms. The van der Waals surface area contributed by atoms with Gasteiger partial charge < -0.3 is 4.74 Å². The fourth-order valence-corrected chi connectivity index (χ4v) is 3.81. The van der Waals surface area contributed by atoms with Gasteiger partial charge in [-0.2, -0.15) is 0 Å².